The highest BCUT2D eigenvalue weighted by atomic mass is 32.1. The molecule has 0 unspecified atom stereocenters. The van der Waals surface area contributed by atoms with E-state index in [1.165, 1.54) is 0 Å². The molecule has 18 heavy (non-hydrogen) atoms. The van der Waals surface area contributed by atoms with Crippen molar-refractivity contribution in [2.24, 2.45) is 0 Å². The first-order valence-corrected chi connectivity index (χ1v) is 6.50. The van der Waals surface area contributed by atoms with Gasteiger partial charge in [-0.15, -0.1) is 0 Å². The van der Waals surface area contributed by atoms with Crippen LogP contribution in [-0.2, 0) is 0 Å². The van der Waals surface area contributed by atoms with Crippen molar-refractivity contribution < 1.29 is 9.21 Å². The van der Waals surface area contributed by atoms with Gasteiger partial charge in [0.25, 0.3) is 0 Å². The number of benzene rings is 1. The smallest absolute Gasteiger partial charge is 0.153 e. The maximum absolute atomic E-state index is 11.1. The van der Waals surface area contributed by atoms with Crippen LogP contribution in [0.25, 0.3) is 22.6 Å². The molecule has 3 rings (SSSR count). The third kappa shape index (κ3) is 1.89. The van der Waals surface area contributed by atoms with Gasteiger partial charge in [0.1, 0.15) is 11.5 Å². The second-order valence-corrected chi connectivity index (χ2v) is 4.67. The molecule has 2 aromatic heterocycles. The van der Waals surface area contributed by atoms with Crippen LogP contribution >= 0.6 is 11.3 Å². The third-order valence-corrected chi connectivity index (χ3v) is 3.41. The van der Waals surface area contributed by atoms with Gasteiger partial charge < -0.3 is 4.42 Å². The summed E-state index contributed by atoms with van der Waals surface area (Å²) >= 11 is 1.60. The number of rotatable bonds is 3. The lowest BCUT2D eigenvalue weighted by atomic mass is 10.1. The highest BCUT2D eigenvalue weighted by molar-refractivity contribution is 7.08. The van der Waals surface area contributed by atoms with E-state index < -0.39 is 0 Å². The van der Waals surface area contributed by atoms with Gasteiger partial charge >= 0.3 is 0 Å². The first kappa shape index (κ1) is 11.0. The standard InChI is InChI=1S/C15H10O2S/c16-9-13-8-14(12-6-7-18-10-12)17-15(13)11-4-2-1-3-5-11/h1-10H. The molecule has 0 saturated carbocycles. The zero-order chi connectivity index (χ0) is 12.4. The number of aldehydes is 1. The molecule has 2 heterocycles. The number of hydrogen-bond donors (Lipinski definition) is 0. The molecule has 88 valence electrons. The summed E-state index contributed by atoms with van der Waals surface area (Å²) in [5.74, 6) is 1.36. The number of thiophene rings is 1. The molecule has 0 fully saturated rings. The van der Waals surface area contributed by atoms with Gasteiger partial charge in [0.15, 0.2) is 6.29 Å². The molecule has 0 spiro atoms. The molecule has 0 N–H and O–H groups in total. The zero-order valence-electron chi connectivity index (χ0n) is 9.50. The average molecular weight is 254 g/mol. The summed E-state index contributed by atoms with van der Waals surface area (Å²) in [5, 5.41) is 3.99. The van der Waals surface area contributed by atoms with Crippen molar-refractivity contribution in [2.45, 2.75) is 0 Å². The van der Waals surface area contributed by atoms with Gasteiger partial charge in [-0.3, -0.25) is 4.79 Å². The fourth-order valence-corrected chi connectivity index (χ4v) is 2.50. The fourth-order valence-electron chi connectivity index (χ4n) is 1.85. The van der Waals surface area contributed by atoms with Gasteiger partial charge in [0.05, 0.1) is 5.56 Å². The van der Waals surface area contributed by atoms with Crippen LogP contribution in [0.2, 0.25) is 0 Å². The predicted octanol–water partition coefficient (Wildman–Crippen LogP) is 4.49. The van der Waals surface area contributed by atoms with Gasteiger partial charge in [-0.05, 0) is 17.5 Å². The Kier molecular flexibility index (Phi) is 2.82. The normalized spacial score (nSPS) is 10.4. The van der Waals surface area contributed by atoms with Crippen molar-refractivity contribution in [2.75, 3.05) is 0 Å². The molecule has 0 saturated heterocycles. The minimum absolute atomic E-state index is 0.586. The lowest BCUT2D eigenvalue weighted by molar-refractivity contribution is 0.112. The second-order valence-electron chi connectivity index (χ2n) is 3.89. The minimum Gasteiger partial charge on any atom is -0.455 e. The van der Waals surface area contributed by atoms with E-state index in [9.17, 15) is 4.79 Å². The van der Waals surface area contributed by atoms with E-state index in [2.05, 4.69) is 0 Å². The molecular formula is C15H10O2S. The van der Waals surface area contributed by atoms with Crippen LogP contribution in [0.15, 0.2) is 57.6 Å². The van der Waals surface area contributed by atoms with Crippen LogP contribution in [0.5, 0.6) is 0 Å². The van der Waals surface area contributed by atoms with Gasteiger partial charge in [0.2, 0.25) is 0 Å². The zero-order valence-corrected chi connectivity index (χ0v) is 10.3. The summed E-state index contributed by atoms with van der Waals surface area (Å²) < 4.78 is 5.81. The van der Waals surface area contributed by atoms with Crippen LogP contribution < -0.4 is 0 Å². The van der Waals surface area contributed by atoms with Crippen molar-refractivity contribution in [3.63, 3.8) is 0 Å². The first-order valence-electron chi connectivity index (χ1n) is 5.55. The van der Waals surface area contributed by atoms with Gasteiger partial charge in [-0.2, -0.15) is 11.3 Å². The summed E-state index contributed by atoms with van der Waals surface area (Å²) in [7, 11) is 0. The largest absolute Gasteiger partial charge is 0.455 e. The highest BCUT2D eigenvalue weighted by Gasteiger charge is 2.13. The monoisotopic (exact) mass is 254 g/mol. The van der Waals surface area contributed by atoms with Crippen LogP contribution in [0, 0.1) is 0 Å². The molecule has 0 bridgehead atoms. The fraction of sp³-hybridized carbons (Fsp3) is 0. The maximum Gasteiger partial charge on any atom is 0.153 e. The molecule has 1 aromatic carbocycles. The molecule has 0 aliphatic heterocycles. The number of carbonyl (C=O) groups is 1. The molecular weight excluding hydrogens is 244 g/mol. The topological polar surface area (TPSA) is 30.2 Å². The molecule has 2 nitrogen and oxygen atoms in total. The summed E-state index contributed by atoms with van der Waals surface area (Å²) in [4.78, 5) is 11.1. The summed E-state index contributed by atoms with van der Waals surface area (Å²) in [5.41, 5.74) is 2.51. The Labute approximate surface area is 109 Å². The van der Waals surface area contributed by atoms with E-state index in [4.69, 9.17) is 4.42 Å². The highest BCUT2D eigenvalue weighted by Crippen LogP contribution is 2.32. The van der Waals surface area contributed by atoms with E-state index in [0.29, 0.717) is 11.3 Å². The Morgan fingerprint density at radius 1 is 1.06 bits per heavy atom. The Bertz CT molecular complexity index is 651. The summed E-state index contributed by atoms with van der Waals surface area (Å²) in [6.45, 7) is 0. The summed E-state index contributed by atoms with van der Waals surface area (Å²) in [6.07, 6.45) is 0.835. The molecule has 3 aromatic rings. The Morgan fingerprint density at radius 2 is 1.89 bits per heavy atom. The van der Waals surface area contributed by atoms with Crippen molar-refractivity contribution in [1.29, 1.82) is 0 Å². The quantitative estimate of drug-likeness (QED) is 0.645. The van der Waals surface area contributed by atoms with Gasteiger partial charge in [0, 0.05) is 16.5 Å². The molecule has 0 aliphatic rings. The lowest BCUT2D eigenvalue weighted by Crippen LogP contribution is -1.79. The lowest BCUT2D eigenvalue weighted by Gasteiger charge is -1.97. The Hall–Kier alpha value is -2.13. The summed E-state index contributed by atoms with van der Waals surface area (Å²) in [6, 6.07) is 13.4. The van der Waals surface area contributed by atoms with Crippen LogP contribution in [0.4, 0.5) is 0 Å². The average Bonchev–Trinajstić information content (AvgIpc) is 3.08. The second kappa shape index (κ2) is 4.63. The molecule has 0 amide bonds. The van der Waals surface area contributed by atoms with Crippen molar-refractivity contribution in [1.82, 2.24) is 0 Å². The van der Waals surface area contributed by atoms with E-state index in [1.54, 1.807) is 17.4 Å². The van der Waals surface area contributed by atoms with Crippen LogP contribution in [0.1, 0.15) is 10.4 Å². The van der Waals surface area contributed by atoms with Crippen molar-refractivity contribution in [3.8, 4) is 22.6 Å². The van der Waals surface area contributed by atoms with Crippen LogP contribution in [0.3, 0.4) is 0 Å². The number of furan rings is 1. The van der Waals surface area contributed by atoms with E-state index in [-0.39, 0.29) is 0 Å². The molecule has 0 radical (unpaired) electrons. The minimum atomic E-state index is 0.586. The Balaban J connectivity index is 2.13. The van der Waals surface area contributed by atoms with Gasteiger partial charge in [-0.25, -0.2) is 0 Å². The van der Waals surface area contributed by atoms with Crippen molar-refractivity contribution >= 4 is 17.6 Å². The van der Waals surface area contributed by atoms with E-state index in [1.807, 2.05) is 47.2 Å². The maximum atomic E-state index is 11.1. The SMILES string of the molecule is O=Cc1cc(-c2ccsc2)oc1-c1ccccc1. The number of hydrogen-bond acceptors (Lipinski definition) is 3. The van der Waals surface area contributed by atoms with E-state index in [0.717, 1.165) is 23.2 Å². The van der Waals surface area contributed by atoms with Crippen LogP contribution in [-0.4, -0.2) is 6.29 Å². The Morgan fingerprint density at radius 3 is 2.56 bits per heavy atom. The third-order valence-electron chi connectivity index (χ3n) is 2.73. The molecule has 0 atom stereocenters. The molecule has 3 heteroatoms. The van der Waals surface area contributed by atoms with Gasteiger partial charge in [-0.1, -0.05) is 30.3 Å². The van der Waals surface area contributed by atoms with Crippen molar-refractivity contribution in [3.05, 3.63) is 58.8 Å². The molecule has 0 aliphatic carbocycles. The first-order chi connectivity index (χ1) is 8.88. The number of carbonyl (C=O) groups excluding carboxylic acids is 1. The van der Waals surface area contributed by atoms with E-state index >= 15 is 0 Å². The predicted molar refractivity (Wildman–Crippen MR) is 72.8 cm³/mol.